The Kier molecular flexibility index (Phi) is 10.2. The highest BCUT2D eigenvalue weighted by atomic mass is 127. The lowest BCUT2D eigenvalue weighted by Gasteiger charge is -2.15. The number of nitrogens with zero attached hydrogens (tertiary/aromatic N) is 1. The molecule has 5 nitrogen and oxygen atoms in total. The summed E-state index contributed by atoms with van der Waals surface area (Å²) >= 11 is 6.04. The second-order valence-corrected chi connectivity index (χ2v) is 5.75. The van der Waals surface area contributed by atoms with Gasteiger partial charge in [-0.05, 0) is 36.8 Å². The van der Waals surface area contributed by atoms with Crippen LogP contribution in [0, 0.1) is 0 Å². The highest BCUT2D eigenvalue weighted by Crippen LogP contribution is 2.23. The van der Waals surface area contributed by atoms with E-state index in [1.54, 1.807) is 14.2 Å². The number of hydrogen-bond acceptors (Lipinski definition) is 3. The van der Waals surface area contributed by atoms with Gasteiger partial charge in [0.05, 0.1) is 13.7 Å². The molecule has 0 aliphatic heterocycles. The highest BCUT2D eigenvalue weighted by molar-refractivity contribution is 14.0. The first kappa shape index (κ1) is 22.4. The fraction of sp³-hybridized carbons (Fsp3) is 0.316. The first-order valence-corrected chi connectivity index (χ1v) is 8.52. The second-order valence-electron chi connectivity index (χ2n) is 5.31. The van der Waals surface area contributed by atoms with E-state index in [1.807, 2.05) is 49.4 Å². The third kappa shape index (κ3) is 6.92. The summed E-state index contributed by atoms with van der Waals surface area (Å²) in [7, 11) is 3.40. The molecule has 26 heavy (non-hydrogen) atoms. The molecule has 0 saturated heterocycles. The molecule has 0 aliphatic rings. The Hall–Kier alpha value is -1.67. The molecule has 0 fully saturated rings. The van der Waals surface area contributed by atoms with Crippen LogP contribution in [0.5, 0.6) is 11.5 Å². The Morgan fingerprint density at radius 2 is 1.77 bits per heavy atom. The fourth-order valence-corrected chi connectivity index (χ4v) is 2.46. The molecule has 0 atom stereocenters. The van der Waals surface area contributed by atoms with Gasteiger partial charge < -0.3 is 20.1 Å². The van der Waals surface area contributed by atoms with Gasteiger partial charge in [-0.15, -0.1) is 24.0 Å². The molecule has 0 radical (unpaired) electrons. The quantitative estimate of drug-likeness (QED) is 0.347. The summed E-state index contributed by atoms with van der Waals surface area (Å²) in [5.41, 5.74) is 2.17. The number of hydrogen-bond donors (Lipinski definition) is 2. The number of rotatable bonds is 7. The van der Waals surface area contributed by atoms with Gasteiger partial charge in [-0.3, -0.25) is 4.99 Å². The molecule has 142 valence electrons. The van der Waals surface area contributed by atoms with Crippen LogP contribution in [0.2, 0.25) is 5.02 Å². The minimum absolute atomic E-state index is 0. The number of benzene rings is 2. The van der Waals surface area contributed by atoms with Gasteiger partial charge in [0, 0.05) is 30.7 Å². The van der Waals surface area contributed by atoms with Gasteiger partial charge in [-0.25, -0.2) is 0 Å². The van der Waals surface area contributed by atoms with E-state index in [4.69, 9.17) is 21.1 Å². The average Bonchev–Trinajstić information content (AvgIpc) is 2.64. The Morgan fingerprint density at radius 3 is 2.38 bits per heavy atom. The molecular formula is C19H25ClIN3O2. The van der Waals surface area contributed by atoms with Gasteiger partial charge >= 0.3 is 0 Å². The molecule has 7 heteroatoms. The number of methoxy groups -OCH3 is 1. The second kappa shape index (κ2) is 11.9. The number of nitrogens with one attached hydrogen (secondary N) is 2. The van der Waals surface area contributed by atoms with Crippen molar-refractivity contribution in [2.24, 2.45) is 4.99 Å². The molecule has 0 amide bonds. The smallest absolute Gasteiger partial charge is 0.191 e. The van der Waals surface area contributed by atoms with Gasteiger partial charge in [0.2, 0.25) is 0 Å². The van der Waals surface area contributed by atoms with Crippen molar-refractivity contribution in [1.29, 1.82) is 0 Å². The Morgan fingerprint density at radius 1 is 1.08 bits per heavy atom. The summed E-state index contributed by atoms with van der Waals surface area (Å²) < 4.78 is 10.8. The largest absolute Gasteiger partial charge is 0.497 e. The van der Waals surface area contributed by atoms with Gasteiger partial charge in [-0.2, -0.15) is 0 Å². The monoisotopic (exact) mass is 489 g/mol. The van der Waals surface area contributed by atoms with Crippen molar-refractivity contribution in [1.82, 2.24) is 10.6 Å². The topological polar surface area (TPSA) is 54.9 Å². The molecule has 2 N–H and O–H groups in total. The van der Waals surface area contributed by atoms with E-state index in [0.29, 0.717) is 30.7 Å². The Bertz CT molecular complexity index is 708. The average molecular weight is 490 g/mol. The van der Waals surface area contributed by atoms with Crippen LogP contribution in [0.25, 0.3) is 0 Å². The van der Waals surface area contributed by atoms with Crippen LogP contribution in [-0.4, -0.2) is 26.7 Å². The van der Waals surface area contributed by atoms with Gasteiger partial charge in [0.1, 0.15) is 11.5 Å². The predicted octanol–water partition coefficient (Wildman–Crippen LogP) is 4.23. The van der Waals surface area contributed by atoms with Crippen molar-refractivity contribution in [2.45, 2.75) is 20.0 Å². The summed E-state index contributed by atoms with van der Waals surface area (Å²) in [6.45, 7) is 3.81. The van der Waals surface area contributed by atoms with Gasteiger partial charge in [-0.1, -0.05) is 29.8 Å². The number of guanidine groups is 1. The molecular weight excluding hydrogens is 465 g/mol. The summed E-state index contributed by atoms with van der Waals surface area (Å²) in [4.78, 5) is 4.25. The molecule has 0 heterocycles. The van der Waals surface area contributed by atoms with Gasteiger partial charge in [0.15, 0.2) is 5.96 Å². The standard InChI is InChI=1S/C19H24ClN3O2.HI/c1-4-25-18-11-16(20)8-7-15(18)13-23-19(21-2)22-12-14-5-9-17(24-3)10-6-14;/h5-11H,4,12-13H2,1-3H3,(H2,21,22,23);1H. The van der Waals surface area contributed by atoms with Crippen LogP contribution in [0.15, 0.2) is 47.5 Å². The number of aliphatic imine (C=N–C) groups is 1. The molecule has 0 aliphatic carbocycles. The lowest BCUT2D eigenvalue weighted by molar-refractivity contribution is 0.336. The third-order valence-corrected chi connectivity index (χ3v) is 3.85. The molecule has 0 aromatic heterocycles. The van der Waals surface area contributed by atoms with Crippen molar-refractivity contribution in [2.75, 3.05) is 20.8 Å². The van der Waals surface area contributed by atoms with Crippen LogP contribution in [-0.2, 0) is 13.1 Å². The van der Waals surface area contributed by atoms with Crippen LogP contribution in [0.1, 0.15) is 18.1 Å². The summed E-state index contributed by atoms with van der Waals surface area (Å²) in [5.74, 6) is 2.35. The molecule has 2 aromatic carbocycles. The maximum Gasteiger partial charge on any atom is 0.191 e. The van der Waals surface area contributed by atoms with E-state index in [0.717, 1.165) is 22.6 Å². The molecule has 0 saturated carbocycles. The van der Waals surface area contributed by atoms with Crippen molar-refractivity contribution >= 4 is 41.5 Å². The normalized spacial score (nSPS) is 10.7. The summed E-state index contributed by atoms with van der Waals surface area (Å²) in [5, 5.41) is 7.24. The Labute approximate surface area is 177 Å². The zero-order valence-electron chi connectivity index (χ0n) is 15.2. The van der Waals surface area contributed by atoms with E-state index in [-0.39, 0.29) is 24.0 Å². The lowest BCUT2D eigenvalue weighted by atomic mass is 10.2. The molecule has 0 unspecified atom stereocenters. The summed E-state index contributed by atoms with van der Waals surface area (Å²) in [6.07, 6.45) is 0. The minimum atomic E-state index is 0. The first-order valence-electron chi connectivity index (χ1n) is 8.15. The van der Waals surface area contributed by atoms with Crippen molar-refractivity contribution in [3.8, 4) is 11.5 Å². The van der Waals surface area contributed by atoms with Crippen molar-refractivity contribution < 1.29 is 9.47 Å². The zero-order chi connectivity index (χ0) is 18.1. The van der Waals surface area contributed by atoms with E-state index >= 15 is 0 Å². The van der Waals surface area contributed by atoms with Gasteiger partial charge in [0.25, 0.3) is 0 Å². The number of halogens is 2. The third-order valence-electron chi connectivity index (χ3n) is 3.62. The number of ether oxygens (including phenoxy) is 2. The van der Waals surface area contributed by atoms with Crippen molar-refractivity contribution in [3.63, 3.8) is 0 Å². The fourth-order valence-electron chi connectivity index (χ4n) is 2.29. The SMILES string of the molecule is CCOc1cc(Cl)ccc1CNC(=NC)NCc1ccc(OC)cc1.I. The molecule has 0 bridgehead atoms. The van der Waals surface area contributed by atoms with E-state index in [1.165, 1.54) is 0 Å². The van der Waals surface area contributed by atoms with Crippen LogP contribution in [0.4, 0.5) is 0 Å². The van der Waals surface area contributed by atoms with E-state index in [9.17, 15) is 0 Å². The molecule has 2 rings (SSSR count). The highest BCUT2D eigenvalue weighted by Gasteiger charge is 2.06. The summed E-state index contributed by atoms with van der Waals surface area (Å²) in [6, 6.07) is 13.6. The predicted molar refractivity (Wildman–Crippen MR) is 118 cm³/mol. The minimum Gasteiger partial charge on any atom is -0.497 e. The van der Waals surface area contributed by atoms with E-state index in [2.05, 4.69) is 15.6 Å². The van der Waals surface area contributed by atoms with Crippen LogP contribution < -0.4 is 20.1 Å². The van der Waals surface area contributed by atoms with E-state index < -0.39 is 0 Å². The Balaban J connectivity index is 0.00000338. The zero-order valence-corrected chi connectivity index (χ0v) is 18.3. The molecule has 0 spiro atoms. The lowest BCUT2D eigenvalue weighted by Crippen LogP contribution is -2.36. The van der Waals surface area contributed by atoms with Crippen LogP contribution >= 0.6 is 35.6 Å². The van der Waals surface area contributed by atoms with Crippen LogP contribution in [0.3, 0.4) is 0 Å². The maximum atomic E-state index is 6.04. The van der Waals surface area contributed by atoms with Crippen molar-refractivity contribution in [3.05, 3.63) is 58.6 Å². The maximum absolute atomic E-state index is 6.04. The molecule has 2 aromatic rings. The first-order chi connectivity index (χ1) is 12.2.